The molecule has 9 heteroatoms. The topological polar surface area (TPSA) is 79.8 Å². The van der Waals surface area contributed by atoms with Gasteiger partial charge in [0.1, 0.15) is 28.4 Å². The van der Waals surface area contributed by atoms with Gasteiger partial charge in [-0.25, -0.2) is 17.2 Å². The van der Waals surface area contributed by atoms with Crippen molar-refractivity contribution in [2.45, 2.75) is 24.3 Å². The van der Waals surface area contributed by atoms with Crippen LogP contribution in [0.1, 0.15) is 13.3 Å². The van der Waals surface area contributed by atoms with E-state index >= 15 is 0 Å². The predicted molar refractivity (Wildman–Crippen MR) is 109 cm³/mol. The number of ether oxygens (including phenoxy) is 1. The van der Waals surface area contributed by atoms with E-state index in [2.05, 4.69) is 15.6 Å². The summed E-state index contributed by atoms with van der Waals surface area (Å²) in [6, 6.07) is 11.2. The summed E-state index contributed by atoms with van der Waals surface area (Å²) in [5.41, 5.74) is 0. The van der Waals surface area contributed by atoms with Crippen molar-refractivity contribution in [1.29, 1.82) is 0 Å². The van der Waals surface area contributed by atoms with Gasteiger partial charge in [0.05, 0.1) is 12.3 Å². The molecule has 29 heavy (non-hydrogen) atoms. The molecule has 2 N–H and O–H groups in total. The Morgan fingerprint density at radius 3 is 2.55 bits per heavy atom. The number of rotatable bonds is 9. The summed E-state index contributed by atoms with van der Waals surface area (Å²) < 4.78 is 57.3. The van der Waals surface area contributed by atoms with Gasteiger partial charge in [-0.15, -0.1) is 0 Å². The number of sulfone groups is 1. The van der Waals surface area contributed by atoms with Crippen molar-refractivity contribution in [2.24, 2.45) is 4.99 Å². The lowest BCUT2D eigenvalue weighted by Crippen LogP contribution is -2.43. The maximum absolute atomic E-state index is 13.7. The molecular weight excluding hydrogens is 400 g/mol. The number of nitrogens with one attached hydrogen (secondary N) is 2. The third kappa shape index (κ3) is 7.01. The number of guanidine groups is 1. The first-order chi connectivity index (χ1) is 13.9. The molecule has 2 aromatic rings. The Labute approximate surface area is 169 Å². The highest BCUT2D eigenvalue weighted by atomic mass is 32.2. The minimum Gasteiger partial charge on any atom is -0.489 e. The molecule has 0 saturated carbocycles. The third-order valence-corrected chi connectivity index (χ3v) is 5.85. The lowest BCUT2D eigenvalue weighted by atomic mass is 10.2. The summed E-state index contributed by atoms with van der Waals surface area (Å²) in [5.74, 6) is -0.618. The van der Waals surface area contributed by atoms with E-state index in [-0.39, 0.29) is 29.1 Å². The summed E-state index contributed by atoms with van der Waals surface area (Å²) in [4.78, 5) is 3.72. The molecule has 158 valence electrons. The van der Waals surface area contributed by atoms with Crippen LogP contribution in [-0.2, 0) is 9.84 Å². The van der Waals surface area contributed by atoms with Crippen LogP contribution in [0.2, 0.25) is 0 Å². The zero-order valence-electron chi connectivity index (χ0n) is 16.4. The van der Waals surface area contributed by atoms with Gasteiger partial charge < -0.3 is 15.4 Å². The molecule has 0 amide bonds. The summed E-state index contributed by atoms with van der Waals surface area (Å²) in [5, 5.41) is 5.93. The van der Waals surface area contributed by atoms with E-state index < -0.39 is 15.7 Å². The van der Waals surface area contributed by atoms with Crippen LogP contribution in [0.3, 0.4) is 0 Å². The molecular formula is C20H25F2N3O3S. The van der Waals surface area contributed by atoms with E-state index in [9.17, 15) is 17.2 Å². The van der Waals surface area contributed by atoms with Gasteiger partial charge in [-0.1, -0.05) is 25.1 Å². The molecule has 2 aromatic carbocycles. The third-order valence-electron chi connectivity index (χ3n) is 4.11. The molecule has 0 fully saturated rings. The van der Waals surface area contributed by atoms with Gasteiger partial charge in [-0.2, -0.15) is 0 Å². The number of aliphatic imine (C=N–C) groups is 1. The van der Waals surface area contributed by atoms with Crippen molar-refractivity contribution < 1.29 is 21.9 Å². The van der Waals surface area contributed by atoms with Crippen molar-refractivity contribution in [3.05, 3.63) is 60.2 Å². The highest BCUT2D eigenvalue weighted by molar-refractivity contribution is 7.91. The molecule has 0 radical (unpaired) electrons. The summed E-state index contributed by atoms with van der Waals surface area (Å²) in [7, 11) is -2.21. The fraction of sp³-hybridized carbons (Fsp3) is 0.350. The Kier molecular flexibility index (Phi) is 8.38. The summed E-state index contributed by atoms with van der Waals surface area (Å²) >= 11 is 0. The first-order valence-corrected chi connectivity index (χ1v) is 10.8. The predicted octanol–water partition coefficient (Wildman–Crippen LogP) is 2.76. The zero-order chi connectivity index (χ0) is 21.3. The van der Waals surface area contributed by atoms with Crippen molar-refractivity contribution in [3.63, 3.8) is 0 Å². The Balaban J connectivity index is 1.85. The molecule has 2 rings (SSSR count). The summed E-state index contributed by atoms with van der Waals surface area (Å²) in [6.07, 6.45) is 0.430. The minimum atomic E-state index is -3.76. The van der Waals surface area contributed by atoms with Crippen LogP contribution in [0.25, 0.3) is 0 Å². The first kappa shape index (κ1) is 22.6. The van der Waals surface area contributed by atoms with Gasteiger partial charge in [0.2, 0.25) is 0 Å². The fourth-order valence-electron chi connectivity index (χ4n) is 2.54. The van der Waals surface area contributed by atoms with E-state index in [1.54, 1.807) is 19.2 Å². The number of nitrogens with zero attached hydrogens (tertiary/aromatic N) is 1. The van der Waals surface area contributed by atoms with E-state index in [0.29, 0.717) is 24.7 Å². The average molecular weight is 426 g/mol. The molecule has 0 aliphatic carbocycles. The lowest BCUT2D eigenvalue weighted by molar-refractivity contribution is 0.199. The molecule has 0 saturated heterocycles. The minimum absolute atomic E-state index is 0.0535. The standard InChI is InChI=1S/C20H25F2N3O3S/c1-3-16(28-17-8-6-7-15(21)13-17)14-25-20(23-2)24-11-12-29(26,27)19-10-5-4-9-18(19)22/h4-10,13,16H,3,11-12,14H2,1-2H3,(H2,23,24,25). The van der Waals surface area contributed by atoms with E-state index in [1.807, 2.05) is 6.92 Å². The fourth-order valence-corrected chi connectivity index (χ4v) is 3.79. The second kappa shape index (κ2) is 10.8. The Hall–Kier alpha value is -2.68. The van der Waals surface area contributed by atoms with Crippen LogP contribution in [0.4, 0.5) is 8.78 Å². The van der Waals surface area contributed by atoms with Crippen LogP contribution in [0.5, 0.6) is 5.75 Å². The number of hydrogen-bond acceptors (Lipinski definition) is 4. The molecule has 0 aliphatic heterocycles. The quantitative estimate of drug-likeness (QED) is 0.477. The van der Waals surface area contributed by atoms with Gasteiger partial charge in [-0.05, 0) is 30.7 Å². The van der Waals surface area contributed by atoms with Crippen LogP contribution in [-0.4, -0.2) is 46.4 Å². The van der Waals surface area contributed by atoms with Gasteiger partial charge in [0.25, 0.3) is 0 Å². The number of benzene rings is 2. The van der Waals surface area contributed by atoms with Gasteiger partial charge in [0.15, 0.2) is 15.8 Å². The van der Waals surface area contributed by atoms with Crippen molar-refractivity contribution in [2.75, 3.05) is 25.9 Å². The monoisotopic (exact) mass is 425 g/mol. The van der Waals surface area contributed by atoms with Crippen LogP contribution in [0, 0.1) is 11.6 Å². The molecule has 1 atom stereocenters. The average Bonchev–Trinajstić information content (AvgIpc) is 2.69. The normalized spacial score (nSPS) is 13.0. The second-order valence-electron chi connectivity index (χ2n) is 6.23. The van der Waals surface area contributed by atoms with Crippen molar-refractivity contribution >= 4 is 15.8 Å². The van der Waals surface area contributed by atoms with Crippen LogP contribution < -0.4 is 15.4 Å². The molecule has 1 unspecified atom stereocenters. The number of hydrogen-bond donors (Lipinski definition) is 2. The molecule has 0 bridgehead atoms. The van der Waals surface area contributed by atoms with E-state index in [4.69, 9.17) is 4.74 Å². The molecule has 0 spiro atoms. The van der Waals surface area contributed by atoms with Crippen molar-refractivity contribution in [1.82, 2.24) is 10.6 Å². The SMILES string of the molecule is CCC(CNC(=NC)NCCS(=O)(=O)c1ccccc1F)Oc1cccc(F)c1. The first-order valence-electron chi connectivity index (χ1n) is 9.19. The van der Waals surface area contributed by atoms with Gasteiger partial charge >= 0.3 is 0 Å². The molecule has 0 aliphatic rings. The molecule has 0 heterocycles. The lowest BCUT2D eigenvalue weighted by Gasteiger charge is -2.20. The highest BCUT2D eigenvalue weighted by Crippen LogP contribution is 2.15. The van der Waals surface area contributed by atoms with Gasteiger partial charge in [0, 0.05) is 19.7 Å². The van der Waals surface area contributed by atoms with Crippen LogP contribution >= 0.6 is 0 Å². The van der Waals surface area contributed by atoms with Crippen molar-refractivity contribution in [3.8, 4) is 5.75 Å². The number of halogens is 2. The molecule has 0 aromatic heterocycles. The maximum Gasteiger partial charge on any atom is 0.191 e. The van der Waals surface area contributed by atoms with Crippen LogP contribution in [0.15, 0.2) is 58.4 Å². The smallest absolute Gasteiger partial charge is 0.191 e. The highest BCUT2D eigenvalue weighted by Gasteiger charge is 2.18. The van der Waals surface area contributed by atoms with Gasteiger partial charge in [-0.3, -0.25) is 4.99 Å². The molecule has 6 nitrogen and oxygen atoms in total. The Morgan fingerprint density at radius 2 is 1.90 bits per heavy atom. The Bertz CT molecular complexity index is 936. The maximum atomic E-state index is 13.7. The zero-order valence-corrected chi connectivity index (χ0v) is 17.2. The van der Waals surface area contributed by atoms with E-state index in [0.717, 1.165) is 6.07 Å². The second-order valence-corrected chi connectivity index (χ2v) is 8.31. The largest absolute Gasteiger partial charge is 0.489 e. The summed E-state index contributed by atoms with van der Waals surface area (Å²) in [6.45, 7) is 2.37. The van der Waals surface area contributed by atoms with E-state index in [1.165, 1.54) is 30.3 Å². The Morgan fingerprint density at radius 1 is 1.14 bits per heavy atom.